The Labute approximate surface area is 106 Å². The standard InChI is InChI=1S/C16H14FN/c17-14-9-3-4-10-16(14)18-15-11-5-7-12-6-1-2-8-13(12)15/h1-4,6,8-10H,5,7,11H2. The summed E-state index contributed by atoms with van der Waals surface area (Å²) < 4.78 is 13.6. The van der Waals surface area contributed by atoms with E-state index in [0.29, 0.717) is 5.69 Å². The van der Waals surface area contributed by atoms with Crippen molar-refractivity contribution in [2.45, 2.75) is 19.3 Å². The zero-order valence-electron chi connectivity index (χ0n) is 10.1. The van der Waals surface area contributed by atoms with Gasteiger partial charge in [0, 0.05) is 5.71 Å². The number of hydrogen-bond acceptors (Lipinski definition) is 1. The van der Waals surface area contributed by atoms with Gasteiger partial charge in [0.15, 0.2) is 0 Å². The van der Waals surface area contributed by atoms with E-state index in [9.17, 15) is 4.39 Å². The number of hydrogen-bond donors (Lipinski definition) is 0. The molecule has 90 valence electrons. The van der Waals surface area contributed by atoms with Crippen LogP contribution >= 0.6 is 0 Å². The van der Waals surface area contributed by atoms with Gasteiger partial charge in [0.25, 0.3) is 0 Å². The third kappa shape index (κ3) is 2.06. The first-order valence-electron chi connectivity index (χ1n) is 6.25. The molecule has 0 saturated carbocycles. The van der Waals surface area contributed by atoms with Gasteiger partial charge >= 0.3 is 0 Å². The lowest BCUT2D eigenvalue weighted by Gasteiger charge is -2.17. The van der Waals surface area contributed by atoms with Gasteiger partial charge in [-0.1, -0.05) is 36.4 Å². The number of para-hydroxylation sites is 1. The second-order valence-electron chi connectivity index (χ2n) is 4.52. The fraction of sp³-hybridized carbons (Fsp3) is 0.188. The summed E-state index contributed by atoms with van der Waals surface area (Å²) in [7, 11) is 0. The maximum absolute atomic E-state index is 13.6. The fourth-order valence-electron chi connectivity index (χ4n) is 2.40. The molecule has 0 aliphatic heterocycles. The summed E-state index contributed by atoms with van der Waals surface area (Å²) in [6.07, 6.45) is 3.10. The lowest BCUT2D eigenvalue weighted by atomic mass is 9.90. The van der Waals surface area contributed by atoms with Crippen LogP contribution in [0, 0.1) is 5.82 Å². The average molecular weight is 239 g/mol. The normalized spacial score (nSPS) is 16.6. The van der Waals surface area contributed by atoms with Gasteiger partial charge < -0.3 is 0 Å². The van der Waals surface area contributed by atoms with Crippen LogP contribution in [0.4, 0.5) is 10.1 Å². The third-order valence-corrected chi connectivity index (χ3v) is 3.30. The van der Waals surface area contributed by atoms with E-state index in [0.717, 1.165) is 25.0 Å². The summed E-state index contributed by atoms with van der Waals surface area (Å²) in [6.45, 7) is 0. The summed E-state index contributed by atoms with van der Waals surface area (Å²) in [5.41, 5.74) is 3.93. The maximum atomic E-state index is 13.6. The minimum Gasteiger partial charge on any atom is -0.250 e. The molecule has 0 radical (unpaired) electrons. The Morgan fingerprint density at radius 3 is 2.56 bits per heavy atom. The van der Waals surface area contributed by atoms with E-state index in [-0.39, 0.29) is 5.82 Å². The van der Waals surface area contributed by atoms with Gasteiger partial charge in [-0.3, -0.25) is 0 Å². The molecular formula is C16H14FN. The van der Waals surface area contributed by atoms with Gasteiger partial charge in [0.05, 0.1) is 5.69 Å². The molecule has 0 unspecified atom stereocenters. The lowest BCUT2D eigenvalue weighted by Crippen LogP contribution is -2.11. The van der Waals surface area contributed by atoms with Crippen molar-refractivity contribution in [2.24, 2.45) is 4.99 Å². The largest absolute Gasteiger partial charge is 0.250 e. The first-order chi connectivity index (χ1) is 8.84. The summed E-state index contributed by atoms with van der Waals surface area (Å²) in [6, 6.07) is 14.9. The zero-order valence-corrected chi connectivity index (χ0v) is 10.1. The monoisotopic (exact) mass is 239 g/mol. The number of nitrogens with zero attached hydrogens (tertiary/aromatic N) is 1. The predicted octanol–water partition coefficient (Wildman–Crippen LogP) is 4.28. The summed E-state index contributed by atoms with van der Waals surface area (Å²) in [5, 5.41) is 0. The van der Waals surface area contributed by atoms with Crippen LogP contribution in [-0.2, 0) is 6.42 Å². The topological polar surface area (TPSA) is 12.4 Å². The SMILES string of the molecule is Fc1ccccc1N=C1CCCc2ccccc21. The van der Waals surface area contributed by atoms with Crippen LogP contribution in [0.2, 0.25) is 0 Å². The Kier molecular flexibility index (Phi) is 2.93. The van der Waals surface area contributed by atoms with Crippen molar-refractivity contribution < 1.29 is 4.39 Å². The summed E-state index contributed by atoms with van der Waals surface area (Å²) in [5.74, 6) is -0.256. The van der Waals surface area contributed by atoms with Crippen LogP contribution in [-0.4, -0.2) is 5.71 Å². The van der Waals surface area contributed by atoms with E-state index < -0.39 is 0 Å². The Bertz CT molecular complexity index is 602. The number of rotatable bonds is 1. The molecule has 2 aromatic carbocycles. The van der Waals surface area contributed by atoms with Crippen molar-refractivity contribution >= 4 is 11.4 Å². The van der Waals surface area contributed by atoms with Gasteiger partial charge in [-0.15, -0.1) is 0 Å². The van der Waals surface area contributed by atoms with Crippen molar-refractivity contribution in [3.05, 3.63) is 65.5 Å². The number of aliphatic imine (C=N–C) groups is 1. The first kappa shape index (κ1) is 11.1. The molecule has 0 saturated heterocycles. The van der Waals surface area contributed by atoms with Gasteiger partial charge in [0.2, 0.25) is 0 Å². The van der Waals surface area contributed by atoms with E-state index in [1.165, 1.54) is 17.2 Å². The number of halogens is 1. The molecule has 0 spiro atoms. The quantitative estimate of drug-likeness (QED) is 0.704. The van der Waals surface area contributed by atoms with Crippen molar-refractivity contribution in [3.8, 4) is 0 Å². The molecule has 0 atom stereocenters. The first-order valence-corrected chi connectivity index (χ1v) is 6.25. The van der Waals surface area contributed by atoms with Crippen LogP contribution in [0.5, 0.6) is 0 Å². The van der Waals surface area contributed by atoms with Gasteiger partial charge in [-0.05, 0) is 42.5 Å². The highest BCUT2D eigenvalue weighted by molar-refractivity contribution is 6.04. The van der Waals surface area contributed by atoms with E-state index in [2.05, 4.69) is 17.1 Å². The van der Waals surface area contributed by atoms with Crippen LogP contribution in [0.15, 0.2) is 53.5 Å². The van der Waals surface area contributed by atoms with E-state index >= 15 is 0 Å². The molecule has 0 bridgehead atoms. The van der Waals surface area contributed by atoms with Crippen LogP contribution in [0.1, 0.15) is 24.0 Å². The summed E-state index contributed by atoms with van der Waals surface area (Å²) >= 11 is 0. The number of aryl methyl sites for hydroxylation is 1. The Balaban J connectivity index is 2.07. The molecule has 1 aliphatic carbocycles. The smallest absolute Gasteiger partial charge is 0.148 e. The van der Waals surface area contributed by atoms with Crippen LogP contribution in [0.25, 0.3) is 0 Å². The average Bonchev–Trinajstić information content (AvgIpc) is 2.42. The highest BCUT2D eigenvalue weighted by Gasteiger charge is 2.15. The van der Waals surface area contributed by atoms with Crippen molar-refractivity contribution in [2.75, 3.05) is 0 Å². The predicted molar refractivity (Wildman–Crippen MR) is 72.0 cm³/mol. The van der Waals surface area contributed by atoms with E-state index in [1.54, 1.807) is 12.1 Å². The highest BCUT2D eigenvalue weighted by atomic mass is 19.1. The molecule has 2 heteroatoms. The molecule has 0 heterocycles. The number of fused-ring (bicyclic) bond motifs is 1. The molecule has 2 aromatic rings. The molecule has 18 heavy (non-hydrogen) atoms. The molecule has 0 aromatic heterocycles. The molecule has 1 aliphatic rings. The van der Waals surface area contributed by atoms with Crippen molar-refractivity contribution in [3.63, 3.8) is 0 Å². The van der Waals surface area contributed by atoms with Crippen LogP contribution in [0.3, 0.4) is 0 Å². The lowest BCUT2D eigenvalue weighted by molar-refractivity contribution is 0.630. The second-order valence-corrected chi connectivity index (χ2v) is 4.52. The number of benzene rings is 2. The Hall–Kier alpha value is -1.96. The van der Waals surface area contributed by atoms with E-state index in [4.69, 9.17) is 0 Å². The van der Waals surface area contributed by atoms with Gasteiger partial charge in [0.1, 0.15) is 5.82 Å². The Morgan fingerprint density at radius 1 is 0.889 bits per heavy atom. The Morgan fingerprint density at radius 2 is 1.67 bits per heavy atom. The van der Waals surface area contributed by atoms with Crippen molar-refractivity contribution in [1.82, 2.24) is 0 Å². The third-order valence-electron chi connectivity index (χ3n) is 3.30. The molecule has 0 amide bonds. The molecular weight excluding hydrogens is 225 g/mol. The van der Waals surface area contributed by atoms with E-state index in [1.807, 2.05) is 18.2 Å². The highest BCUT2D eigenvalue weighted by Crippen LogP contribution is 2.25. The zero-order chi connectivity index (χ0) is 12.4. The van der Waals surface area contributed by atoms with Crippen LogP contribution < -0.4 is 0 Å². The fourth-order valence-corrected chi connectivity index (χ4v) is 2.40. The molecule has 0 N–H and O–H groups in total. The van der Waals surface area contributed by atoms with Gasteiger partial charge in [-0.25, -0.2) is 9.38 Å². The second kappa shape index (κ2) is 4.73. The minimum atomic E-state index is -0.256. The van der Waals surface area contributed by atoms with Crippen molar-refractivity contribution in [1.29, 1.82) is 0 Å². The molecule has 0 fully saturated rings. The maximum Gasteiger partial charge on any atom is 0.148 e. The minimum absolute atomic E-state index is 0.256. The summed E-state index contributed by atoms with van der Waals surface area (Å²) in [4.78, 5) is 4.50. The molecule has 3 rings (SSSR count). The van der Waals surface area contributed by atoms with Gasteiger partial charge in [-0.2, -0.15) is 0 Å². The molecule has 1 nitrogen and oxygen atoms in total.